The molecule has 0 fully saturated rings. The highest BCUT2D eigenvalue weighted by Crippen LogP contribution is 2.28. The maximum absolute atomic E-state index is 8.74. The molecule has 3 nitrogen and oxygen atoms in total. The summed E-state index contributed by atoms with van der Waals surface area (Å²) in [6, 6.07) is 14.5. The lowest BCUT2D eigenvalue weighted by molar-refractivity contribution is 1.47. The maximum Gasteiger partial charge on any atom is 0.0992 e. The largest absolute Gasteiger partial charge is 0.397 e. The van der Waals surface area contributed by atoms with Crippen LogP contribution in [0.5, 0.6) is 0 Å². The summed E-state index contributed by atoms with van der Waals surface area (Å²) >= 11 is 6.03. The third kappa shape index (κ3) is 2.49. The van der Waals surface area contributed by atoms with Gasteiger partial charge in [-0.1, -0.05) is 23.7 Å². The second-order valence-corrected chi connectivity index (χ2v) is 3.93. The van der Waals surface area contributed by atoms with Gasteiger partial charge in [-0.2, -0.15) is 5.26 Å². The number of nitrogen functional groups attached to an aromatic ring is 1. The van der Waals surface area contributed by atoms with Gasteiger partial charge in [0.2, 0.25) is 0 Å². The Labute approximate surface area is 104 Å². The zero-order chi connectivity index (χ0) is 12.3. The molecule has 0 aliphatic rings. The third-order valence-electron chi connectivity index (χ3n) is 2.32. The molecule has 0 saturated carbocycles. The minimum atomic E-state index is 0.518. The van der Waals surface area contributed by atoms with Gasteiger partial charge in [0.1, 0.15) is 0 Å². The van der Waals surface area contributed by atoms with E-state index in [0.717, 1.165) is 11.4 Å². The topological polar surface area (TPSA) is 61.8 Å². The number of nitrogens with zero attached hydrogens (tertiary/aromatic N) is 1. The van der Waals surface area contributed by atoms with E-state index in [0.29, 0.717) is 16.3 Å². The Morgan fingerprint density at radius 1 is 1.12 bits per heavy atom. The summed E-state index contributed by atoms with van der Waals surface area (Å²) in [6.45, 7) is 0. The van der Waals surface area contributed by atoms with Gasteiger partial charge in [-0.05, 0) is 30.3 Å². The molecule has 0 aromatic heterocycles. The predicted octanol–water partition coefficient (Wildman–Crippen LogP) is 3.54. The summed E-state index contributed by atoms with van der Waals surface area (Å²) in [7, 11) is 0. The number of hydrogen-bond acceptors (Lipinski definition) is 3. The van der Waals surface area contributed by atoms with Crippen molar-refractivity contribution in [1.29, 1.82) is 5.26 Å². The van der Waals surface area contributed by atoms with Crippen LogP contribution in [0.1, 0.15) is 5.56 Å². The van der Waals surface area contributed by atoms with Crippen molar-refractivity contribution in [2.45, 2.75) is 0 Å². The molecule has 0 radical (unpaired) electrons. The molecule has 0 unspecified atom stereocenters. The lowest BCUT2D eigenvalue weighted by Gasteiger charge is -2.10. The van der Waals surface area contributed by atoms with Gasteiger partial charge < -0.3 is 11.1 Å². The molecule has 84 valence electrons. The number of benzene rings is 2. The molecule has 2 aromatic rings. The van der Waals surface area contributed by atoms with Gasteiger partial charge in [-0.25, -0.2) is 0 Å². The molecule has 3 N–H and O–H groups in total. The maximum atomic E-state index is 8.74. The zero-order valence-electron chi connectivity index (χ0n) is 8.94. The summed E-state index contributed by atoms with van der Waals surface area (Å²) in [5.74, 6) is 0. The highest BCUT2D eigenvalue weighted by atomic mass is 35.5. The Kier molecular flexibility index (Phi) is 3.17. The molecular weight excluding hydrogens is 234 g/mol. The molecule has 0 heterocycles. The van der Waals surface area contributed by atoms with E-state index in [-0.39, 0.29) is 0 Å². The van der Waals surface area contributed by atoms with Crippen molar-refractivity contribution >= 4 is 28.7 Å². The smallest absolute Gasteiger partial charge is 0.0992 e. The zero-order valence-corrected chi connectivity index (χ0v) is 9.70. The fourth-order valence-electron chi connectivity index (χ4n) is 1.45. The van der Waals surface area contributed by atoms with E-state index in [9.17, 15) is 0 Å². The molecule has 4 heteroatoms. The van der Waals surface area contributed by atoms with Gasteiger partial charge in [-0.3, -0.25) is 0 Å². The number of rotatable bonds is 2. The van der Waals surface area contributed by atoms with Gasteiger partial charge in [0.15, 0.2) is 0 Å². The Balaban J connectivity index is 2.32. The van der Waals surface area contributed by atoms with Crippen LogP contribution in [-0.4, -0.2) is 0 Å². The fourth-order valence-corrected chi connectivity index (χ4v) is 1.64. The van der Waals surface area contributed by atoms with Crippen LogP contribution in [0.15, 0.2) is 42.5 Å². The summed E-state index contributed by atoms with van der Waals surface area (Å²) in [5, 5.41) is 12.5. The summed E-state index contributed by atoms with van der Waals surface area (Å²) in [4.78, 5) is 0. The second kappa shape index (κ2) is 4.77. The first kappa shape index (κ1) is 11.3. The Bertz CT molecular complexity index is 587. The molecule has 2 rings (SSSR count). The fraction of sp³-hybridized carbons (Fsp3) is 0. The number of anilines is 3. The van der Waals surface area contributed by atoms with Crippen LogP contribution < -0.4 is 11.1 Å². The van der Waals surface area contributed by atoms with Crippen LogP contribution in [0.25, 0.3) is 0 Å². The van der Waals surface area contributed by atoms with Crippen LogP contribution in [0.2, 0.25) is 5.02 Å². The van der Waals surface area contributed by atoms with Crippen molar-refractivity contribution in [3.05, 3.63) is 53.1 Å². The summed E-state index contributed by atoms with van der Waals surface area (Å²) in [5.41, 5.74) is 8.41. The van der Waals surface area contributed by atoms with E-state index in [2.05, 4.69) is 5.32 Å². The van der Waals surface area contributed by atoms with E-state index in [4.69, 9.17) is 22.6 Å². The van der Waals surface area contributed by atoms with Crippen LogP contribution in [0.4, 0.5) is 17.1 Å². The molecule has 0 spiro atoms. The third-order valence-corrected chi connectivity index (χ3v) is 2.65. The van der Waals surface area contributed by atoms with Crippen molar-refractivity contribution in [3.8, 4) is 6.07 Å². The molecule has 0 aliphatic carbocycles. The molecule has 2 aromatic carbocycles. The molecule has 0 amide bonds. The lowest BCUT2D eigenvalue weighted by atomic mass is 10.2. The molecule has 0 bridgehead atoms. The summed E-state index contributed by atoms with van der Waals surface area (Å²) < 4.78 is 0. The molecule has 0 atom stereocenters. The van der Waals surface area contributed by atoms with Crippen LogP contribution in [-0.2, 0) is 0 Å². The SMILES string of the molecule is N#Cc1ccc(Nc2ccccc2Cl)c(N)c1. The van der Waals surface area contributed by atoms with Crippen molar-refractivity contribution < 1.29 is 0 Å². The van der Waals surface area contributed by atoms with Crippen molar-refractivity contribution in [2.75, 3.05) is 11.1 Å². The predicted molar refractivity (Wildman–Crippen MR) is 70.3 cm³/mol. The van der Waals surface area contributed by atoms with E-state index < -0.39 is 0 Å². The van der Waals surface area contributed by atoms with Crippen LogP contribution in [0, 0.1) is 11.3 Å². The van der Waals surface area contributed by atoms with E-state index in [1.165, 1.54) is 0 Å². The highest BCUT2D eigenvalue weighted by Gasteiger charge is 2.03. The second-order valence-electron chi connectivity index (χ2n) is 3.52. The number of nitrogens with two attached hydrogens (primary N) is 1. The molecule has 0 aliphatic heterocycles. The summed E-state index contributed by atoms with van der Waals surface area (Å²) in [6.07, 6.45) is 0. The number of halogens is 1. The molecule has 17 heavy (non-hydrogen) atoms. The van der Waals surface area contributed by atoms with Crippen molar-refractivity contribution in [3.63, 3.8) is 0 Å². The van der Waals surface area contributed by atoms with Gasteiger partial charge in [0, 0.05) is 0 Å². The van der Waals surface area contributed by atoms with E-state index >= 15 is 0 Å². The Morgan fingerprint density at radius 3 is 2.53 bits per heavy atom. The number of nitrogens with one attached hydrogen (secondary N) is 1. The van der Waals surface area contributed by atoms with Crippen LogP contribution >= 0.6 is 11.6 Å². The minimum Gasteiger partial charge on any atom is -0.397 e. The lowest BCUT2D eigenvalue weighted by Crippen LogP contribution is -1.97. The quantitative estimate of drug-likeness (QED) is 0.793. The first-order valence-electron chi connectivity index (χ1n) is 5.02. The number of nitriles is 1. The first-order valence-corrected chi connectivity index (χ1v) is 5.39. The van der Waals surface area contributed by atoms with Crippen molar-refractivity contribution in [1.82, 2.24) is 0 Å². The first-order chi connectivity index (χ1) is 8.20. The van der Waals surface area contributed by atoms with Gasteiger partial charge in [0.05, 0.1) is 33.7 Å². The molecule has 0 saturated heterocycles. The number of hydrogen-bond donors (Lipinski definition) is 2. The average Bonchev–Trinajstić information content (AvgIpc) is 2.34. The highest BCUT2D eigenvalue weighted by molar-refractivity contribution is 6.33. The standard InChI is InChI=1S/C13H10ClN3/c14-10-3-1-2-4-12(10)17-13-6-5-9(8-15)7-11(13)16/h1-7,17H,16H2. The molecular formula is C13H10ClN3. The van der Waals surface area contributed by atoms with Gasteiger partial charge in [0.25, 0.3) is 0 Å². The monoisotopic (exact) mass is 243 g/mol. The van der Waals surface area contributed by atoms with E-state index in [1.54, 1.807) is 24.3 Å². The Hall–Kier alpha value is -2.18. The minimum absolute atomic E-state index is 0.518. The van der Waals surface area contributed by atoms with Crippen molar-refractivity contribution in [2.24, 2.45) is 0 Å². The van der Waals surface area contributed by atoms with Gasteiger partial charge in [-0.15, -0.1) is 0 Å². The van der Waals surface area contributed by atoms with Gasteiger partial charge >= 0.3 is 0 Å². The van der Waals surface area contributed by atoms with E-state index in [1.807, 2.05) is 24.3 Å². The average molecular weight is 244 g/mol. The van der Waals surface area contributed by atoms with Crippen LogP contribution in [0.3, 0.4) is 0 Å². The normalized spacial score (nSPS) is 9.65. The number of para-hydroxylation sites is 1. The Morgan fingerprint density at radius 2 is 1.88 bits per heavy atom.